The maximum absolute atomic E-state index is 12.9. The van der Waals surface area contributed by atoms with E-state index in [1.54, 1.807) is 0 Å². The first kappa shape index (κ1) is 77.0. The Morgan fingerprint density at radius 3 is 0.675 bits per heavy atom. The molecule has 0 aromatic heterocycles. The monoisotopic (exact) mass is 1140 g/mol. The molecule has 0 N–H and O–H groups in total. The van der Waals surface area contributed by atoms with Gasteiger partial charge < -0.3 is 14.2 Å². The van der Waals surface area contributed by atoms with Gasteiger partial charge in [0.2, 0.25) is 0 Å². The van der Waals surface area contributed by atoms with Crippen molar-refractivity contribution in [2.24, 2.45) is 0 Å². The third-order valence-corrected chi connectivity index (χ3v) is 12.8. The fraction of sp³-hybridized carbons (Fsp3) is 0.519. The summed E-state index contributed by atoms with van der Waals surface area (Å²) in [6.45, 7) is 6.21. The van der Waals surface area contributed by atoms with Crippen LogP contribution in [-0.2, 0) is 28.6 Å². The van der Waals surface area contributed by atoms with Crippen molar-refractivity contribution in [1.29, 1.82) is 0 Å². The molecule has 0 aromatic carbocycles. The predicted molar refractivity (Wildman–Crippen MR) is 361 cm³/mol. The van der Waals surface area contributed by atoms with Crippen LogP contribution >= 0.6 is 0 Å². The minimum atomic E-state index is -0.832. The Bertz CT molecular complexity index is 2030. The Morgan fingerprint density at radius 2 is 0.434 bits per heavy atom. The quantitative estimate of drug-likeness (QED) is 0.0261. The molecule has 1 unspecified atom stereocenters. The van der Waals surface area contributed by atoms with E-state index in [4.69, 9.17) is 14.2 Å². The average Bonchev–Trinajstić information content (AvgIpc) is 3.49. The van der Waals surface area contributed by atoms with Crippen molar-refractivity contribution >= 4 is 17.9 Å². The van der Waals surface area contributed by atoms with Gasteiger partial charge in [0.05, 0.1) is 0 Å². The lowest BCUT2D eigenvalue weighted by Crippen LogP contribution is -2.30. The van der Waals surface area contributed by atoms with Gasteiger partial charge in [0, 0.05) is 19.3 Å². The van der Waals surface area contributed by atoms with Gasteiger partial charge in [-0.2, -0.15) is 0 Å². The van der Waals surface area contributed by atoms with Crippen LogP contribution in [0.2, 0.25) is 0 Å². The molecule has 0 aliphatic rings. The van der Waals surface area contributed by atoms with Crippen molar-refractivity contribution in [3.8, 4) is 0 Å². The van der Waals surface area contributed by atoms with E-state index in [2.05, 4.69) is 227 Å². The zero-order chi connectivity index (χ0) is 59.9. The lowest BCUT2D eigenvalue weighted by atomic mass is 10.1. The van der Waals surface area contributed by atoms with Gasteiger partial charge in [-0.25, -0.2) is 0 Å². The molecule has 0 bridgehead atoms. The molecule has 0 radical (unpaired) electrons. The Morgan fingerprint density at radius 1 is 0.241 bits per heavy atom. The highest BCUT2D eigenvalue weighted by Gasteiger charge is 2.19. The highest BCUT2D eigenvalue weighted by molar-refractivity contribution is 5.71. The van der Waals surface area contributed by atoms with Gasteiger partial charge in [-0.15, -0.1) is 0 Å². The van der Waals surface area contributed by atoms with E-state index in [-0.39, 0.29) is 37.5 Å². The number of allylic oxidation sites excluding steroid dienone is 34. The molecule has 0 spiro atoms. The lowest BCUT2D eigenvalue weighted by Gasteiger charge is -2.18. The van der Waals surface area contributed by atoms with Crippen LogP contribution in [0.3, 0.4) is 0 Å². The van der Waals surface area contributed by atoms with Crippen LogP contribution in [0.4, 0.5) is 0 Å². The Hall–Kier alpha value is -6.01. The number of unbranched alkanes of at least 4 members (excludes halogenated alkanes) is 11. The summed E-state index contributed by atoms with van der Waals surface area (Å²) >= 11 is 0. The van der Waals surface area contributed by atoms with E-state index in [0.29, 0.717) is 19.3 Å². The van der Waals surface area contributed by atoms with Gasteiger partial charge in [0.15, 0.2) is 6.10 Å². The summed E-state index contributed by atoms with van der Waals surface area (Å²) in [5.74, 6) is -1.01. The van der Waals surface area contributed by atoms with Gasteiger partial charge >= 0.3 is 17.9 Å². The molecule has 0 saturated heterocycles. The molecule has 0 amide bonds. The maximum atomic E-state index is 12.9. The molecular formula is C77H116O6. The van der Waals surface area contributed by atoms with Crippen LogP contribution in [0.25, 0.3) is 0 Å². The first-order valence-electron chi connectivity index (χ1n) is 32.6. The largest absolute Gasteiger partial charge is 0.462 e. The zero-order valence-electron chi connectivity index (χ0n) is 52.6. The summed E-state index contributed by atoms with van der Waals surface area (Å²) in [4.78, 5) is 38.4. The van der Waals surface area contributed by atoms with Crippen LogP contribution in [0, 0.1) is 0 Å². The Labute approximate surface area is 509 Å². The van der Waals surface area contributed by atoms with Crippen LogP contribution in [0.5, 0.6) is 0 Å². The molecule has 6 nitrogen and oxygen atoms in total. The van der Waals surface area contributed by atoms with Crippen LogP contribution in [0.15, 0.2) is 207 Å². The highest BCUT2D eigenvalue weighted by atomic mass is 16.6. The number of hydrogen-bond acceptors (Lipinski definition) is 6. The van der Waals surface area contributed by atoms with E-state index in [0.717, 1.165) is 193 Å². The number of esters is 3. The number of rotatable bonds is 56. The van der Waals surface area contributed by atoms with E-state index >= 15 is 0 Å². The van der Waals surface area contributed by atoms with Crippen molar-refractivity contribution in [2.45, 2.75) is 245 Å². The summed E-state index contributed by atoms with van der Waals surface area (Å²) in [6.07, 6.45) is 105. The molecule has 6 heteroatoms. The van der Waals surface area contributed by atoms with Crippen molar-refractivity contribution in [1.82, 2.24) is 0 Å². The van der Waals surface area contributed by atoms with Gasteiger partial charge in [-0.05, 0) is 167 Å². The number of ether oxygens (including phenoxy) is 3. The van der Waals surface area contributed by atoms with E-state index in [1.807, 2.05) is 0 Å². The Kier molecular flexibility index (Phi) is 63.5. The van der Waals surface area contributed by atoms with Gasteiger partial charge in [0.1, 0.15) is 13.2 Å². The summed E-state index contributed by atoms with van der Waals surface area (Å²) in [7, 11) is 0. The lowest BCUT2D eigenvalue weighted by molar-refractivity contribution is -0.167. The van der Waals surface area contributed by atoms with Crippen molar-refractivity contribution in [3.05, 3.63) is 207 Å². The Balaban J connectivity index is 4.55. The smallest absolute Gasteiger partial charge is 0.306 e. The molecule has 0 fully saturated rings. The molecule has 0 aliphatic carbocycles. The minimum Gasteiger partial charge on any atom is -0.462 e. The normalized spacial score (nSPS) is 13.5. The third kappa shape index (κ3) is 66.7. The number of hydrogen-bond donors (Lipinski definition) is 0. The minimum absolute atomic E-state index is 0.124. The maximum Gasteiger partial charge on any atom is 0.306 e. The van der Waals surface area contributed by atoms with Crippen LogP contribution in [-0.4, -0.2) is 37.2 Å². The fourth-order valence-corrected chi connectivity index (χ4v) is 8.00. The van der Waals surface area contributed by atoms with Gasteiger partial charge in [-0.3, -0.25) is 14.4 Å². The second-order valence-electron chi connectivity index (χ2n) is 20.5. The van der Waals surface area contributed by atoms with Crippen LogP contribution < -0.4 is 0 Å². The first-order valence-corrected chi connectivity index (χ1v) is 32.6. The fourth-order valence-electron chi connectivity index (χ4n) is 8.00. The molecule has 1 atom stereocenters. The summed E-state index contributed by atoms with van der Waals surface area (Å²) < 4.78 is 16.9. The molecule has 0 saturated carbocycles. The van der Waals surface area contributed by atoms with Gasteiger partial charge in [-0.1, -0.05) is 259 Å². The SMILES string of the molecule is CC/C=C\C/C=C\C/C=C\C/C=C\C/C=C\C/C=C\C/C=C\C/C=C\CCCCCCC(=O)OCC(COC(=O)CCCCCC/C=C\C/C=C\C/C=C\C/C=C\CC)OC(=O)CCCCC/C=C\C/C=C\C/C=C\C/C=C\C/C=C\CC. The predicted octanol–water partition coefficient (Wildman–Crippen LogP) is 22.8. The summed E-state index contributed by atoms with van der Waals surface area (Å²) in [6, 6.07) is 0. The molecule has 0 aromatic rings. The number of carbonyl (C=O) groups is 3. The first-order chi connectivity index (χ1) is 41.0. The summed E-state index contributed by atoms with van der Waals surface area (Å²) in [5.41, 5.74) is 0. The van der Waals surface area contributed by atoms with Crippen molar-refractivity contribution in [2.75, 3.05) is 13.2 Å². The summed E-state index contributed by atoms with van der Waals surface area (Å²) in [5, 5.41) is 0. The highest BCUT2D eigenvalue weighted by Crippen LogP contribution is 2.12. The van der Waals surface area contributed by atoms with Crippen LogP contribution in [0.1, 0.15) is 239 Å². The average molecular weight is 1140 g/mol. The third-order valence-electron chi connectivity index (χ3n) is 12.8. The topological polar surface area (TPSA) is 78.9 Å². The van der Waals surface area contributed by atoms with Gasteiger partial charge in [0.25, 0.3) is 0 Å². The molecule has 460 valence electrons. The number of carbonyl (C=O) groups excluding carboxylic acids is 3. The second-order valence-corrected chi connectivity index (χ2v) is 20.5. The molecular weight excluding hydrogens is 1020 g/mol. The van der Waals surface area contributed by atoms with E-state index in [1.165, 1.54) is 0 Å². The van der Waals surface area contributed by atoms with E-state index < -0.39 is 6.10 Å². The molecule has 0 rings (SSSR count). The van der Waals surface area contributed by atoms with Crippen molar-refractivity contribution in [3.63, 3.8) is 0 Å². The standard InChI is InChI=1S/C77H116O6/c1-4-7-10-13-16-19-22-25-28-31-33-34-35-36-37-38-39-40-41-42-44-46-49-52-55-58-61-64-67-70-76(79)82-73-74(72-81-75(78)69-66-63-60-57-54-51-48-45-30-27-24-21-18-15-12-9-6-3)83-77(80)71-68-65-62-59-56-53-50-47-43-32-29-26-23-20-17-14-11-8-5-2/h7-12,16-21,25-30,33-34,36-37,39-40,42-44,47-49,51-53,56,74H,4-6,13-15,22-24,31-32,35,38,41,45-46,50,54-55,57-73H2,1-3H3/b10-7-,11-8-,12-9-,19-16-,20-17-,21-18-,28-25-,29-26-,30-27-,34-33-,37-36-,40-39-,44-42-,47-43-,51-48-,52-49-,56-53-. The zero-order valence-corrected chi connectivity index (χ0v) is 52.6. The van der Waals surface area contributed by atoms with Crippen molar-refractivity contribution < 1.29 is 28.6 Å². The van der Waals surface area contributed by atoms with E-state index in [9.17, 15) is 14.4 Å². The molecule has 83 heavy (non-hydrogen) atoms. The second kappa shape index (κ2) is 68.5. The molecule has 0 heterocycles. The molecule has 0 aliphatic heterocycles.